The zero-order chi connectivity index (χ0) is 27.5. The number of likely N-dealkylation sites (tertiary alicyclic amines) is 1. The third-order valence-electron chi connectivity index (χ3n) is 6.83. The fraction of sp³-hybridized carbons (Fsp3) is 0.250. The normalized spacial score (nSPS) is 15.2. The summed E-state index contributed by atoms with van der Waals surface area (Å²) in [4.78, 5) is 35.4. The summed E-state index contributed by atoms with van der Waals surface area (Å²) in [6.07, 6.45) is 4.47. The van der Waals surface area contributed by atoms with E-state index in [1.165, 1.54) is 19.5 Å². The fourth-order valence-electron chi connectivity index (χ4n) is 4.85. The van der Waals surface area contributed by atoms with Gasteiger partial charge >= 0.3 is 0 Å². The lowest BCUT2D eigenvalue weighted by Crippen LogP contribution is -2.40. The van der Waals surface area contributed by atoms with Gasteiger partial charge in [-0.05, 0) is 42.7 Å². The molecule has 5 rings (SSSR count). The van der Waals surface area contributed by atoms with Crippen LogP contribution in [0.4, 0.5) is 5.82 Å². The summed E-state index contributed by atoms with van der Waals surface area (Å²) in [6.45, 7) is 5.12. The third-order valence-corrected chi connectivity index (χ3v) is 7.07. The van der Waals surface area contributed by atoms with Gasteiger partial charge in [-0.25, -0.2) is 14.6 Å². The second kappa shape index (κ2) is 11.1. The maximum Gasteiger partial charge on any atom is 0.255 e. The van der Waals surface area contributed by atoms with Crippen molar-refractivity contribution in [1.82, 2.24) is 30.0 Å². The molecule has 1 atom stereocenters. The van der Waals surface area contributed by atoms with Gasteiger partial charge in [0.25, 0.3) is 5.91 Å². The highest BCUT2D eigenvalue weighted by Gasteiger charge is 2.28. The lowest BCUT2D eigenvalue weighted by molar-refractivity contribution is -0.127. The van der Waals surface area contributed by atoms with Crippen LogP contribution in [0.3, 0.4) is 0 Å². The van der Waals surface area contributed by atoms with E-state index in [0.29, 0.717) is 58.5 Å². The molecule has 3 heterocycles. The molecule has 11 heteroatoms. The molecule has 0 aliphatic carbocycles. The lowest BCUT2D eigenvalue weighted by atomic mass is 10.1. The molecule has 39 heavy (non-hydrogen) atoms. The summed E-state index contributed by atoms with van der Waals surface area (Å²) in [5.41, 5.74) is 9.67. The molecule has 1 aliphatic heterocycles. The number of halogens is 1. The Kier molecular flexibility index (Phi) is 7.47. The minimum absolute atomic E-state index is 0.0498. The van der Waals surface area contributed by atoms with Gasteiger partial charge in [0.05, 0.1) is 24.1 Å². The smallest absolute Gasteiger partial charge is 0.255 e. The van der Waals surface area contributed by atoms with Gasteiger partial charge in [0.1, 0.15) is 23.6 Å². The summed E-state index contributed by atoms with van der Waals surface area (Å²) >= 11 is 6.06. The van der Waals surface area contributed by atoms with Crippen LogP contribution in [0.1, 0.15) is 34.8 Å². The lowest BCUT2D eigenvalue weighted by Gasteiger charge is -2.32. The number of nitrogens with two attached hydrogens (primary N) is 1. The van der Waals surface area contributed by atoms with Crippen LogP contribution in [0, 0.1) is 0 Å². The Morgan fingerprint density at radius 3 is 2.77 bits per heavy atom. The van der Waals surface area contributed by atoms with Gasteiger partial charge < -0.3 is 20.7 Å². The second-order valence-corrected chi connectivity index (χ2v) is 9.70. The van der Waals surface area contributed by atoms with E-state index in [1.54, 1.807) is 23.1 Å². The highest BCUT2D eigenvalue weighted by Crippen LogP contribution is 2.34. The average molecular weight is 546 g/mol. The predicted molar refractivity (Wildman–Crippen MR) is 149 cm³/mol. The number of amides is 2. The standard InChI is InChI=1S/C28H28ClN7O3/c1-3-23(37)35-12-4-5-20(15-35)36-27-24(26(30)32-16-33-27)25(34-36)18-8-6-17(7-9-18)14-31-28(38)21-13-19(29)10-11-22(21)39-2/h3,6-11,13,16,20H,1,4-5,12,14-15H2,2H3,(H,31,38)(H2,30,32,33)/t20-/m1/s1. The number of hydrogen-bond acceptors (Lipinski definition) is 7. The number of ether oxygens (including phenoxy) is 1. The van der Waals surface area contributed by atoms with Crippen molar-refractivity contribution < 1.29 is 14.3 Å². The van der Waals surface area contributed by atoms with E-state index in [9.17, 15) is 9.59 Å². The molecule has 2 amide bonds. The zero-order valence-corrected chi connectivity index (χ0v) is 22.2. The van der Waals surface area contributed by atoms with E-state index in [-0.39, 0.29) is 17.9 Å². The molecule has 2 aromatic heterocycles. The van der Waals surface area contributed by atoms with E-state index in [1.807, 2.05) is 28.9 Å². The number of carbonyl (C=O) groups is 2. The molecule has 0 unspecified atom stereocenters. The van der Waals surface area contributed by atoms with Crippen LogP contribution >= 0.6 is 11.6 Å². The Balaban J connectivity index is 1.39. The summed E-state index contributed by atoms with van der Waals surface area (Å²) in [7, 11) is 1.51. The monoisotopic (exact) mass is 545 g/mol. The molecule has 0 bridgehead atoms. The van der Waals surface area contributed by atoms with E-state index in [0.717, 1.165) is 24.0 Å². The molecular weight excluding hydrogens is 518 g/mol. The highest BCUT2D eigenvalue weighted by atomic mass is 35.5. The summed E-state index contributed by atoms with van der Waals surface area (Å²) in [5.74, 6) is 0.402. The van der Waals surface area contributed by atoms with E-state index in [2.05, 4.69) is 21.9 Å². The van der Waals surface area contributed by atoms with Crippen molar-refractivity contribution in [3.05, 3.63) is 77.6 Å². The van der Waals surface area contributed by atoms with Crippen molar-refractivity contribution in [2.75, 3.05) is 25.9 Å². The Morgan fingerprint density at radius 1 is 1.23 bits per heavy atom. The Hall–Kier alpha value is -4.44. The number of rotatable bonds is 7. The second-order valence-electron chi connectivity index (χ2n) is 9.26. The van der Waals surface area contributed by atoms with Crippen LogP contribution in [0.25, 0.3) is 22.3 Å². The number of piperidine rings is 1. The summed E-state index contributed by atoms with van der Waals surface area (Å²) in [5, 5.41) is 8.93. The van der Waals surface area contributed by atoms with Crippen molar-refractivity contribution in [2.24, 2.45) is 0 Å². The number of carbonyl (C=O) groups excluding carboxylic acids is 2. The molecule has 0 saturated carbocycles. The average Bonchev–Trinajstić information content (AvgIpc) is 3.37. The molecule has 1 aliphatic rings. The molecule has 0 spiro atoms. The van der Waals surface area contributed by atoms with Gasteiger partial charge in [0.2, 0.25) is 5.91 Å². The van der Waals surface area contributed by atoms with Crippen molar-refractivity contribution in [2.45, 2.75) is 25.4 Å². The minimum atomic E-state index is -0.287. The number of fused-ring (bicyclic) bond motifs is 1. The number of benzene rings is 2. The zero-order valence-electron chi connectivity index (χ0n) is 21.4. The van der Waals surface area contributed by atoms with E-state index < -0.39 is 0 Å². The molecule has 3 N–H and O–H groups in total. The largest absolute Gasteiger partial charge is 0.496 e. The van der Waals surface area contributed by atoms with Crippen LogP contribution in [-0.4, -0.2) is 56.7 Å². The van der Waals surface area contributed by atoms with Crippen molar-refractivity contribution in [1.29, 1.82) is 0 Å². The first kappa shape index (κ1) is 26.2. The maximum absolute atomic E-state index is 12.7. The number of anilines is 1. The van der Waals surface area contributed by atoms with Gasteiger partial charge in [-0.1, -0.05) is 42.4 Å². The quantitative estimate of drug-likeness (QED) is 0.336. The topological polar surface area (TPSA) is 128 Å². The summed E-state index contributed by atoms with van der Waals surface area (Å²) < 4.78 is 7.14. The molecule has 200 valence electrons. The third kappa shape index (κ3) is 5.28. The Bertz CT molecular complexity index is 1550. The first-order chi connectivity index (χ1) is 18.9. The molecule has 1 saturated heterocycles. The molecular formula is C28H28ClN7O3. The number of nitrogen functional groups attached to an aromatic ring is 1. The minimum Gasteiger partial charge on any atom is -0.496 e. The van der Waals surface area contributed by atoms with Gasteiger partial charge in [0, 0.05) is 30.2 Å². The number of hydrogen-bond donors (Lipinski definition) is 2. The van der Waals surface area contributed by atoms with Crippen LogP contribution in [0.15, 0.2) is 61.4 Å². The molecule has 0 radical (unpaired) electrons. The van der Waals surface area contributed by atoms with Gasteiger partial charge in [-0.2, -0.15) is 5.10 Å². The first-order valence-electron chi connectivity index (χ1n) is 12.5. The maximum atomic E-state index is 12.7. The molecule has 2 aromatic carbocycles. The number of nitrogens with zero attached hydrogens (tertiary/aromatic N) is 5. The molecule has 10 nitrogen and oxygen atoms in total. The fourth-order valence-corrected chi connectivity index (χ4v) is 5.02. The van der Waals surface area contributed by atoms with Gasteiger partial charge in [-0.15, -0.1) is 0 Å². The molecule has 4 aromatic rings. The van der Waals surface area contributed by atoms with Crippen molar-refractivity contribution in [3.8, 4) is 17.0 Å². The van der Waals surface area contributed by atoms with E-state index in [4.69, 9.17) is 27.2 Å². The first-order valence-corrected chi connectivity index (χ1v) is 12.9. The Labute approximate surface area is 230 Å². The SMILES string of the molecule is C=CC(=O)N1CCC[C@@H](n2nc(-c3ccc(CNC(=O)c4cc(Cl)ccc4OC)cc3)c3c(N)ncnc32)C1. The summed E-state index contributed by atoms with van der Waals surface area (Å²) in [6, 6.07) is 12.5. The number of nitrogens with one attached hydrogen (secondary N) is 1. The van der Waals surface area contributed by atoms with Crippen LogP contribution in [0.5, 0.6) is 5.75 Å². The highest BCUT2D eigenvalue weighted by molar-refractivity contribution is 6.31. The number of methoxy groups -OCH3 is 1. The van der Waals surface area contributed by atoms with Crippen molar-refractivity contribution >= 4 is 40.3 Å². The van der Waals surface area contributed by atoms with Gasteiger partial charge in [0.15, 0.2) is 5.65 Å². The van der Waals surface area contributed by atoms with Crippen LogP contribution in [-0.2, 0) is 11.3 Å². The Morgan fingerprint density at radius 2 is 2.03 bits per heavy atom. The van der Waals surface area contributed by atoms with Crippen LogP contribution < -0.4 is 15.8 Å². The van der Waals surface area contributed by atoms with E-state index >= 15 is 0 Å². The number of aromatic nitrogens is 4. The van der Waals surface area contributed by atoms with Crippen molar-refractivity contribution in [3.63, 3.8) is 0 Å². The predicted octanol–water partition coefficient (Wildman–Crippen LogP) is 4.02. The molecule has 1 fully saturated rings. The van der Waals surface area contributed by atoms with Crippen LogP contribution in [0.2, 0.25) is 5.02 Å². The van der Waals surface area contributed by atoms with Gasteiger partial charge in [-0.3, -0.25) is 9.59 Å².